The summed E-state index contributed by atoms with van der Waals surface area (Å²) in [5.41, 5.74) is 0.566. The first-order valence-corrected chi connectivity index (χ1v) is 6.22. The molecular formula is C9H13NO2S2. The summed E-state index contributed by atoms with van der Waals surface area (Å²) in [6, 6.07) is 6.84. The normalized spacial score (nSPS) is 11.7. The number of thiol groups is 1. The third-order valence-electron chi connectivity index (χ3n) is 1.75. The van der Waals surface area contributed by atoms with E-state index in [-0.39, 0.29) is 0 Å². The summed E-state index contributed by atoms with van der Waals surface area (Å²) in [7, 11) is -3.24. The Morgan fingerprint density at radius 1 is 1.21 bits per heavy atom. The molecule has 14 heavy (non-hydrogen) atoms. The van der Waals surface area contributed by atoms with Crippen molar-refractivity contribution in [1.29, 1.82) is 0 Å². The predicted octanol–water partition coefficient (Wildman–Crippen LogP) is 2.13. The molecule has 0 saturated carbocycles. The summed E-state index contributed by atoms with van der Waals surface area (Å²) in [6.07, 6.45) is 0. The molecule has 0 heterocycles. The number of hydrogen-bond donors (Lipinski definition) is 2. The van der Waals surface area contributed by atoms with Crippen LogP contribution in [0.15, 0.2) is 29.2 Å². The molecule has 0 radical (unpaired) electrons. The molecule has 0 aliphatic rings. The zero-order valence-electron chi connectivity index (χ0n) is 8.06. The lowest BCUT2D eigenvalue weighted by molar-refractivity contribution is 0.593. The monoisotopic (exact) mass is 231 g/mol. The van der Waals surface area contributed by atoms with Crippen molar-refractivity contribution >= 4 is 28.3 Å². The van der Waals surface area contributed by atoms with Crippen molar-refractivity contribution < 1.29 is 8.42 Å². The zero-order valence-corrected chi connectivity index (χ0v) is 9.77. The largest absolute Gasteiger partial charge is 0.283 e. The standard InChI is InChI=1S/C9H13NO2S2/c1-7(2)14(11,12)10-8-3-5-9(13)6-4-8/h3-7,10,13H,1-2H3. The molecule has 0 amide bonds. The van der Waals surface area contributed by atoms with Gasteiger partial charge in [-0.1, -0.05) is 0 Å². The SMILES string of the molecule is CC(C)S(=O)(=O)Nc1ccc(S)cc1. The van der Waals surface area contributed by atoms with E-state index in [0.717, 1.165) is 4.90 Å². The number of anilines is 1. The topological polar surface area (TPSA) is 46.2 Å². The van der Waals surface area contributed by atoms with Crippen LogP contribution in [0.4, 0.5) is 5.69 Å². The van der Waals surface area contributed by atoms with Gasteiger partial charge in [-0.05, 0) is 38.1 Å². The van der Waals surface area contributed by atoms with Gasteiger partial charge in [0.2, 0.25) is 10.0 Å². The number of hydrogen-bond acceptors (Lipinski definition) is 3. The Morgan fingerprint density at radius 2 is 1.71 bits per heavy atom. The molecule has 0 fully saturated rings. The molecule has 78 valence electrons. The second kappa shape index (κ2) is 4.23. The summed E-state index contributed by atoms with van der Waals surface area (Å²) >= 11 is 4.11. The molecule has 5 heteroatoms. The minimum atomic E-state index is -3.24. The molecule has 1 rings (SSSR count). The van der Waals surface area contributed by atoms with Gasteiger partial charge < -0.3 is 0 Å². The van der Waals surface area contributed by atoms with Crippen LogP contribution in [0.3, 0.4) is 0 Å². The Kier molecular flexibility index (Phi) is 3.44. The first kappa shape index (κ1) is 11.4. The molecule has 0 atom stereocenters. The molecule has 3 nitrogen and oxygen atoms in total. The van der Waals surface area contributed by atoms with Crippen molar-refractivity contribution in [3.63, 3.8) is 0 Å². The fraction of sp³-hybridized carbons (Fsp3) is 0.333. The molecule has 0 aliphatic heterocycles. The van der Waals surface area contributed by atoms with Gasteiger partial charge in [0.15, 0.2) is 0 Å². The van der Waals surface area contributed by atoms with Crippen LogP contribution in [0.1, 0.15) is 13.8 Å². The number of nitrogens with one attached hydrogen (secondary N) is 1. The molecule has 0 saturated heterocycles. The zero-order chi connectivity index (χ0) is 10.8. The van der Waals surface area contributed by atoms with E-state index in [1.54, 1.807) is 38.1 Å². The van der Waals surface area contributed by atoms with Crippen LogP contribution < -0.4 is 4.72 Å². The first-order valence-electron chi connectivity index (χ1n) is 4.22. The highest BCUT2D eigenvalue weighted by Gasteiger charge is 2.14. The Morgan fingerprint density at radius 3 is 2.14 bits per heavy atom. The second-order valence-corrected chi connectivity index (χ2v) is 6.00. The smallest absolute Gasteiger partial charge is 0.235 e. The van der Waals surface area contributed by atoms with Crippen LogP contribution in [0, 0.1) is 0 Å². The third kappa shape index (κ3) is 2.92. The quantitative estimate of drug-likeness (QED) is 0.783. The summed E-state index contributed by atoms with van der Waals surface area (Å²) < 4.78 is 25.4. The minimum Gasteiger partial charge on any atom is -0.283 e. The van der Waals surface area contributed by atoms with Crippen LogP contribution in [-0.4, -0.2) is 13.7 Å². The van der Waals surface area contributed by atoms with E-state index in [1.165, 1.54) is 0 Å². The van der Waals surface area contributed by atoms with E-state index in [9.17, 15) is 8.42 Å². The molecule has 0 bridgehead atoms. The van der Waals surface area contributed by atoms with Gasteiger partial charge >= 0.3 is 0 Å². The highest BCUT2D eigenvalue weighted by Crippen LogP contribution is 2.14. The fourth-order valence-electron chi connectivity index (χ4n) is 0.812. The van der Waals surface area contributed by atoms with Crippen molar-refractivity contribution in [2.45, 2.75) is 24.0 Å². The van der Waals surface area contributed by atoms with Gasteiger partial charge in [-0.3, -0.25) is 4.72 Å². The average Bonchev–Trinajstić information content (AvgIpc) is 2.08. The van der Waals surface area contributed by atoms with Crippen LogP contribution in [0.25, 0.3) is 0 Å². The number of benzene rings is 1. The van der Waals surface area contributed by atoms with Crippen LogP contribution in [-0.2, 0) is 10.0 Å². The van der Waals surface area contributed by atoms with E-state index in [2.05, 4.69) is 17.4 Å². The van der Waals surface area contributed by atoms with E-state index in [0.29, 0.717) is 5.69 Å². The van der Waals surface area contributed by atoms with E-state index < -0.39 is 15.3 Å². The Balaban J connectivity index is 2.85. The van der Waals surface area contributed by atoms with Crippen molar-refractivity contribution in [3.05, 3.63) is 24.3 Å². The molecule has 1 N–H and O–H groups in total. The highest BCUT2D eigenvalue weighted by atomic mass is 32.2. The summed E-state index contributed by atoms with van der Waals surface area (Å²) in [6.45, 7) is 3.27. The molecule has 1 aromatic carbocycles. The van der Waals surface area contributed by atoms with Crippen molar-refractivity contribution in [3.8, 4) is 0 Å². The molecule has 0 spiro atoms. The Hall–Kier alpha value is -0.680. The van der Waals surface area contributed by atoms with Gasteiger partial charge in [-0.25, -0.2) is 8.42 Å². The van der Waals surface area contributed by atoms with Crippen molar-refractivity contribution in [2.75, 3.05) is 4.72 Å². The highest BCUT2D eigenvalue weighted by molar-refractivity contribution is 7.93. The maximum Gasteiger partial charge on any atom is 0.235 e. The maximum absolute atomic E-state index is 11.5. The Bertz CT molecular complexity index is 395. The summed E-state index contributed by atoms with van der Waals surface area (Å²) in [5, 5.41) is -0.432. The van der Waals surface area contributed by atoms with Crippen LogP contribution in [0.2, 0.25) is 0 Å². The van der Waals surface area contributed by atoms with Gasteiger partial charge in [0, 0.05) is 10.6 Å². The summed E-state index contributed by atoms with van der Waals surface area (Å²) in [5.74, 6) is 0. The fourth-order valence-corrected chi connectivity index (χ4v) is 1.66. The second-order valence-electron chi connectivity index (χ2n) is 3.24. The van der Waals surface area contributed by atoms with Gasteiger partial charge in [-0.2, -0.15) is 0 Å². The van der Waals surface area contributed by atoms with Crippen molar-refractivity contribution in [2.24, 2.45) is 0 Å². The molecule has 0 unspecified atom stereocenters. The molecular weight excluding hydrogens is 218 g/mol. The minimum absolute atomic E-state index is 0.432. The van der Waals surface area contributed by atoms with Gasteiger partial charge in [0.05, 0.1) is 5.25 Å². The molecule has 0 aromatic heterocycles. The number of sulfonamides is 1. The number of rotatable bonds is 3. The van der Waals surface area contributed by atoms with E-state index in [4.69, 9.17) is 0 Å². The third-order valence-corrected chi connectivity index (χ3v) is 3.81. The lowest BCUT2D eigenvalue weighted by atomic mass is 10.3. The van der Waals surface area contributed by atoms with E-state index >= 15 is 0 Å². The first-order chi connectivity index (χ1) is 6.42. The average molecular weight is 231 g/mol. The van der Waals surface area contributed by atoms with Gasteiger partial charge in [0.1, 0.15) is 0 Å². The van der Waals surface area contributed by atoms with Crippen LogP contribution in [0.5, 0.6) is 0 Å². The van der Waals surface area contributed by atoms with Gasteiger partial charge in [-0.15, -0.1) is 12.6 Å². The van der Waals surface area contributed by atoms with Gasteiger partial charge in [0.25, 0.3) is 0 Å². The molecule has 1 aromatic rings. The summed E-state index contributed by atoms with van der Waals surface area (Å²) in [4.78, 5) is 0.803. The molecule has 0 aliphatic carbocycles. The lowest BCUT2D eigenvalue weighted by Gasteiger charge is -2.10. The van der Waals surface area contributed by atoms with E-state index in [1.807, 2.05) is 0 Å². The maximum atomic E-state index is 11.5. The Labute approximate surface area is 90.0 Å². The van der Waals surface area contributed by atoms with Crippen LogP contribution >= 0.6 is 12.6 Å². The predicted molar refractivity (Wildman–Crippen MR) is 61.4 cm³/mol. The van der Waals surface area contributed by atoms with Crippen molar-refractivity contribution in [1.82, 2.24) is 0 Å². The lowest BCUT2D eigenvalue weighted by Crippen LogP contribution is -2.22.